The number of anilines is 1. The van der Waals surface area contributed by atoms with E-state index < -0.39 is 11.5 Å². The molecule has 0 fully saturated rings. The second kappa shape index (κ2) is 10.7. The summed E-state index contributed by atoms with van der Waals surface area (Å²) in [6.45, 7) is 1.73. The highest BCUT2D eigenvalue weighted by Crippen LogP contribution is 2.27. The Bertz CT molecular complexity index is 1790. The molecule has 192 valence electrons. The van der Waals surface area contributed by atoms with Crippen LogP contribution in [0.4, 0.5) is 5.69 Å². The van der Waals surface area contributed by atoms with Gasteiger partial charge in [-0.1, -0.05) is 60.1 Å². The van der Waals surface area contributed by atoms with E-state index in [-0.39, 0.29) is 11.3 Å². The fourth-order valence-corrected chi connectivity index (χ4v) is 4.36. The number of para-hydroxylation sites is 2. The minimum absolute atomic E-state index is 0.102. The van der Waals surface area contributed by atoms with Crippen LogP contribution in [0, 0.1) is 18.3 Å². The molecule has 0 aliphatic heterocycles. The molecule has 9 heteroatoms. The topological polar surface area (TPSA) is 97.6 Å². The van der Waals surface area contributed by atoms with Gasteiger partial charge in [-0.15, -0.1) is 0 Å². The molecule has 0 radical (unpaired) electrons. The lowest BCUT2D eigenvalue weighted by Crippen LogP contribution is -2.23. The van der Waals surface area contributed by atoms with Crippen LogP contribution < -0.4 is 10.9 Å². The number of nitriles is 1. The van der Waals surface area contributed by atoms with E-state index in [9.17, 15) is 14.9 Å². The van der Waals surface area contributed by atoms with Crippen molar-refractivity contribution in [1.82, 2.24) is 19.1 Å². The molecule has 0 aliphatic carbocycles. The molecule has 0 saturated heterocycles. The van der Waals surface area contributed by atoms with Crippen molar-refractivity contribution in [2.24, 2.45) is 7.05 Å². The molecule has 8 nitrogen and oxygen atoms in total. The third-order valence-corrected chi connectivity index (χ3v) is 6.59. The Kier molecular flexibility index (Phi) is 7.00. The summed E-state index contributed by atoms with van der Waals surface area (Å²) >= 11 is 6.08. The van der Waals surface area contributed by atoms with Crippen LogP contribution in [-0.2, 0) is 11.8 Å². The molecule has 0 bridgehead atoms. The summed E-state index contributed by atoms with van der Waals surface area (Å²) in [4.78, 5) is 26.5. The van der Waals surface area contributed by atoms with Crippen molar-refractivity contribution in [3.8, 4) is 28.7 Å². The largest absolute Gasteiger partial charge is 0.315 e. The number of nitrogens with zero attached hydrogens (tertiary/aromatic N) is 5. The van der Waals surface area contributed by atoms with Gasteiger partial charge in [-0.05, 0) is 49.4 Å². The SMILES string of the molecule is Cc1c(NC(=O)/C(C#N)=C/c2cn(-c3ccccc3)nc2-c2ccc(Cl)cc2)c(=O)n(-c2ccccc2)n1C. The van der Waals surface area contributed by atoms with E-state index in [2.05, 4.69) is 5.32 Å². The standard InChI is InChI=1S/C30H23ClN6O2/c1-20-27(30(39)37(35(20)2)26-11-7-4-8-12-26)33-29(38)22(18-32)17-23-19-36(25-9-5-3-6-10-25)34-28(23)21-13-15-24(31)16-14-21/h3-17,19H,1-2H3,(H,33,38)/b22-17+. The van der Waals surface area contributed by atoms with Gasteiger partial charge in [-0.2, -0.15) is 10.4 Å². The quantitative estimate of drug-likeness (QED) is 0.228. The maximum Gasteiger partial charge on any atom is 0.295 e. The first-order valence-corrected chi connectivity index (χ1v) is 12.4. The van der Waals surface area contributed by atoms with Gasteiger partial charge in [0.05, 0.1) is 22.8 Å². The van der Waals surface area contributed by atoms with Crippen LogP contribution >= 0.6 is 11.6 Å². The Morgan fingerprint density at radius 3 is 2.21 bits per heavy atom. The third kappa shape index (κ3) is 5.04. The van der Waals surface area contributed by atoms with Gasteiger partial charge in [0.15, 0.2) is 0 Å². The van der Waals surface area contributed by atoms with Crippen molar-refractivity contribution in [2.45, 2.75) is 6.92 Å². The van der Waals surface area contributed by atoms with Crippen LogP contribution in [0.5, 0.6) is 0 Å². The van der Waals surface area contributed by atoms with Crippen LogP contribution in [0.3, 0.4) is 0 Å². The Balaban J connectivity index is 1.54. The summed E-state index contributed by atoms with van der Waals surface area (Å²) in [6, 6.07) is 27.7. The van der Waals surface area contributed by atoms with Crippen molar-refractivity contribution in [3.63, 3.8) is 0 Å². The van der Waals surface area contributed by atoms with E-state index in [1.165, 1.54) is 10.8 Å². The van der Waals surface area contributed by atoms with Crippen molar-refractivity contribution >= 4 is 29.3 Å². The van der Waals surface area contributed by atoms with E-state index in [4.69, 9.17) is 16.7 Å². The number of nitrogens with one attached hydrogen (secondary N) is 1. The highest BCUT2D eigenvalue weighted by atomic mass is 35.5. The minimum atomic E-state index is -0.696. The molecule has 1 amide bonds. The van der Waals surface area contributed by atoms with E-state index >= 15 is 0 Å². The lowest BCUT2D eigenvalue weighted by atomic mass is 10.1. The number of aromatic nitrogens is 4. The molecule has 39 heavy (non-hydrogen) atoms. The van der Waals surface area contributed by atoms with Gasteiger partial charge in [-0.3, -0.25) is 14.3 Å². The second-order valence-electron chi connectivity index (χ2n) is 8.78. The van der Waals surface area contributed by atoms with Gasteiger partial charge >= 0.3 is 0 Å². The summed E-state index contributed by atoms with van der Waals surface area (Å²) in [6.07, 6.45) is 3.22. The summed E-state index contributed by atoms with van der Waals surface area (Å²) < 4.78 is 4.80. The van der Waals surface area contributed by atoms with Crippen LogP contribution in [-0.4, -0.2) is 25.1 Å². The molecule has 0 atom stereocenters. The minimum Gasteiger partial charge on any atom is -0.315 e. The summed E-state index contributed by atoms with van der Waals surface area (Å²) in [5.74, 6) is -0.696. The van der Waals surface area contributed by atoms with Gasteiger partial charge in [0, 0.05) is 29.4 Å². The van der Waals surface area contributed by atoms with Crippen LogP contribution in [0.2, 0.25) is 5.02 Å². The molecular weight excluding hydrogens is 512 g/mol. The van der Waals surface area contributed by atoms with E-state index in [1.807, 2.05) is 66.7 Å². The first-order valence-electron chi connectivity index (χ1n) is 12.1. The second-order valence-corrected chi connectivity index (χ2v) is 9.22. The van der Waals surface area contributed by atoms with Crippen molar-refractivity contribution < 1.29 is 4.79 Å². The summed E-state index contributed by atoms with van der Waals surface area (Å²) in [7, 11) is 1.73. The maximum atomic E-state index is 13.3. The zero-order chi connectivity index (χ0) is 27.5. The average molecular weight is 535 g/mol. The van der Waals surface area contributed by atoms with Crippen molar-refractivity contribution in [2.75, 3.05) is 5.32 Å². The van der Waals surface area contributed by atoms with Crippen LogP contribution in [0.15, 0.2) is 101 Å². The zero-order valence-electron chi connectivity index (χ0n) is 21.2. The highest BCUT2D eigenvalue weighted by Gasteiger charge is 2.21. The number of amides is 1. The van der Waals surface area contributed by atoms with Crippen LogP contribution in [0.25, 0.3) is 28.7 Å². The zero-order valence-corrected chi connectivity index (χ0v) is 21.9. The predicted octanol–water partition coefficient (Wildman–Crippen LogP) is 5.54. The number of rotatable bonds is 6. The lowest BCUT2D eigenvalue weighted by Gasteiger charge is -2.07. The third-order valence-electron chi connectivity index (χ3n) is 6.34. The Morgan fingerprint density at radius 2 is 1.59 bits per heavy atom. The number of hydrogen-bond acceptors (Lipinski definition) is 4. The average Bonchev–Trinajstić information content (AvgIpc) is 3.47. The molecule has 2 aromatic heterocycles. The van der Waals surface area contributed by atoms with Gasteiger partial charge in [0.1, 0.15) is 17.3 Å². The molecule has 0 aliphatic rings. The Morgan fingerprint density at radius 1 is 0.974 bits per heavy atom. The molecule has 5 rings (SSSR count). The molecule has 1 N–H and O–H groups in total. The molecule has 3 aromatic carbocycles. The van der Waals surface area contributed by atoms with E-state index in [0.29, 0.717) is 27.7 Å². The normalized spacial score (nSPS) is 11.3. The smallest absolute Gasteiger partial charge is 0.295 e. The van der Waals surface area contributed by atoms with Gasteiger partial charge in [0.25, 0.3) is 11.5 Å². The van der Waals surface area contributed by atoms with E-state index in [0.717, 1.165) is 11.3 Å². The number of carbonyl (C=O) groups is 1. The number of benzene rings is 3. The fourth-order valence-electron chi connectivity index (χ4n) is 4.24. The lowest BCUT2D eigenvalue weighted by molar-refractivity contribution is -0.112. The molecular formula is C30H23ClN6O2. The highest BCUT2D eigenvalue weighted by molar-refractivity contribution is 6.30. The monoisotopic (exact) mass is 534 g/mol. The van der Waals surface area contributed by atoms with E-state index in [1.54, 1.807) is 53.8 Å². The van der Waals surface area contributed by atoms with Gasteiger partial charge in [-0.25, -0.2) is 9.36 Å². The van der Waals surface area contributed by atoms with Crippen molar-refractivity contribution in [3.05, 3.63) is 123 Å². The molecule has 0 spiro atoms. The number of halogens is 1. The first-order chi connectivity index (χ1) is 18.9. The maximum absolute atomic E-state index is 13.3. The molecule has 2 heterocycles. The van der Waals surface area contributed by atoms with Gasteiger partial charge < -0.3 is 5.32 Å². The Labute approximate surface area is 229 Å². The van der Waals surface area contributed by atoms with Crippen LogP contribution in [0.1, 0.15) is 11.3 Å². The first kappa shape index (κ1) is 25.5. The molecule has 5 aromatic rings. The fraction of sp³-hybridized carbons (Fsp3) is 0.0667. The Hall–Kier alpha value is -5.13. The summed E-state index contributed by atoms with van der Waals surface area (Å²) in [5, 5.41) is 17.9. The number of carbonyl (C=O) groups excluding carboxylic acids is 1. The van der Waals surface area contributed by atoms with Crippen molar-refractivity contribution in [1.29, 1.82) is 5.26 Å². The van der Waals surface area contributed by atoms with Gasteiger partial charge in [0.2, 0.25) is 0 Å². The molecule has 0 saturated carbocycles. The molecule has 0 unspecified atom stereocenters. The number of hydrogen-bond donors (Lipinski definition) is 1. The predicted molar refractivity (Wildman–Crippen MR) is 152 cm³/mol. The summed E-state index contributed by atoms with van der Waals surface area (Å²) in [5.41, 5.74) is 3.44.